The van der Waals surface area contributed by atoms with Gasteiger partial charge in [0.25, 0.3) is 0 Å². The van der Waals surface area contributed by atoms with Crippen molar-refractivity contribution in [2.24, 2.45) is 0 Å². The van der Waals surface area contributed by atoms with E-state index in [1.807, 2.05) is 19.0 Å². The number of hydrogen-bond acceptors (Lipinski definition) is 5. The molecule has 1 fully saturated rings. The molecule has 0 aromatic carbocycles. The van der Waals surface area contributed by atoms with Crippen LogP contribution in [-0.2, 0) is 0 Å². The fourth-order valence-electron chi connectivity index (χ4n) is 1.88. The van der Waals surface area contributed by atoms with Crippen LogP contribution in [0.25, 0.3) is 0 Å². The van der Waals surface area contributed by atoms with E-state index >= 15 is 0 Å². The van der Waals surface area contributed by atoms with Crippen LogP contribution in [0.15, 0.2) is 12.3 Å². The number of nitrogens with one attached hydrogen (secondary N) is 1. The van der Waals surface area contributed by atoms with Gasteiger partial charge in [-0.2, -0.15) is 4.98 Å². The lowest BCUT2D eigenvalue weighted by Gasteiger charge is -2.23. The van der Waals surface area contributed by atoms with Gasteiger partial charge in [-0.05, 0) is 19.4 Å². The van der Waals surface area contributed by atoms with E-state index in [4.69, 9.17) is 4.74 Å². The maximum Gasteiger partial charge on any atom is 0.228 e. The molecule has 1 aliphatic rings. The Kier molecular flexibility index (Phi) is 4.14. The van der Waals surface area contributed by atoms with Gasteiger partial charge in [0.15, 0.2) is 0 Å². The molecule has 0 amide bonds. The third kappa shape index (κ3) is 3.56. The molecule has 1 saturated heterocycles. The van der Waals surface area contributed by atoms with Crippen molar-refractivity contribution in [3.8, 4) is 5.88 Å². The van der Waals surface area contributed by atoms with Crippen LogP contribution in [0.5, 0.6) is 5.88 Å². The highest BCUT2D eigenvalue weighted by Gasteiger charge is 2.13. The van der Waals surface area contributed by atoms with Gasteiger partial charge in [0, 0.05) is 32.4 Å². The summed E-state index contributed by atoms with van der Waals surface area (Å²) in [6.45, 7) is 1.78. The zero-order chi connectivity index (χ0) is 12.1. The largest absolute Gasteiger partial charge is 0.476 e. The van der Waals surface area contributed by atoms with E-state index in [1.165, 1.54) is 19.3 Å². The Morgan fingerprint density at radius 3 is 3.06 bits per heavy atom. The Morgan fingerprint density at radius 1 is 1.47 bits per heavy atom. The molecule has 1 aromatic heterocycles. The number of hydrogen-bond donors (Lipinski definition) is 1. The van der Waals surface area contributed by atoms with Crippen LogP contribution in [-0.4, -0.2) is 43.3 Å². The Bertz CT molecular complexity index is 350. The summed E-state index contributed by atoms with van der Waals surface area (Å²) < 4.78 is 5.70. The zero-order valence-electron chi connectivity index (χ0n) is 10.5. The first-order chi connectivity index (χ1) is 8.25. The molecule has 2 rings (SSSR count). The van der Waals surface area contributed by atoms with Crippen molar-refractivity contribution in [1.82, 2.24) is 15.3 Å². The first-order valence-corrected chi connectivity index (χ1v) is 6.12. The van der Waals surface area contributed by atoms with Gasteiger partial charge in [-0.1, -0.05) is 6.42 Å². The Balaban J connectivity index is 1.87. The summed E-state index contributed by atoms with van der Waals surface area (Å²) in [4.78, 5) is 10.3. The standard InChI is InChI=1S/C12H20N4O/c1-16(2)12-14-8-6-11(15-12)17-9-10-5-3-4-7-13-10/h6,8,10,13H,3-5,7,9H2,1-2H3. The van der Waals surface area contributed by atoms with Gasteiger partial charge in [0.05, 0.1) is 0 Å². The molecular formula is C12H20N4O. The fraction of sp³-hybridized carbons (Fsp3) is 0.667. The van der Waals surface area contributed by atoms with Crippen molar-refractivity contribution in [3.63, 3.8) is 0 Å². The molecule has 1 aromatic rings. The summed E-state index contributed by atoms with van der Waals surface area (Å²) in [6, 6.07) is 2.26. The molecule has 5 heteroatoms. The van der Waals surface area contributed by atoms with Crippen molar-refractivity contribution >= 4 is 5.95 Å². The van der Waals surface area contributed by atoms with Crippen LogP contribution in [0.4, 0.5) is 5.95 Å². The number of aromatic nitrogens is 2. The Hall–Kier alpha value is -1.36. The summed E-state index contributed by atoms with van der Waals surface area (Å²) in [7, 11) is 3.84. The summed E-state index contributed by atoms with van der Waals surface area (Å²) >= 11 is 0. The molecule has 1 atom stereocenters. The van der Waals surface area contributed by atoms with Crippen LogP contribution >= 0.6 is 0 Å². The van der Waals surface area contributed by atoms with E-state index < -0.39 is 0 Å². The highest BCUT2D eigenvalue weighted by atomic mass is 16.5. The highest BCUT2D eigenvalue weighted by molar-refractivity contribution is 5.29. The topological polar surface area (TPSA) is 50.3 Å². The second-order valence-electron chi connectivity index (χ2n) is 4.55. The number of ether oxygens (including phenoxy) is 1. The molecule has 5 nitrogen and oxygen atoms in total. The summed E-state index contributed by atoms with van der Waals surface area (Å²) in [5.74, 6) is 1.33. The molecule has 0 spiro atoms. The van der Waals surface area contributed by atoms with Gasteiger partial charge in [0.2, 0.25) is 11.8 Å². The average Bonchev–Trinajstić information content (AvgIpc) is 2.38. The van der Waals surface area contributed by atoms with Crippen LogP contribution in [0.2, 0.25) is 0 Å². The van der Waals surface area contributed by atoms with Crippen molar-refractivity contribution in [3.05, 3.63) is 12.3 Å². The third-order valence-corrected chi connectivity index (χ3v) is 2.86. The van der Waals surface area contributed by atoms with Gasteiger partial charge in [-0.15, -0.1) is 0 Å². The van der Waals surface area contributed by atoms with Gasteiger partial charge in [-0.3, -0.25) is 0 Å². The van der Waals surface area contributed by atoms with Gasteiger partial charge >= 0.3 is 0 Å². The Labute approximate surface area is 102 Å². The summed E-state index contributed by atoms with van der Waals surface area (Å²) in [5, 5.41) is 3.45. The average molecular weight is 236 g/mol. The summed E-state index contributed by atoms with van der Waals surface area (Å²) in [6.07, 6.45) is 5.47. The molecule has 0 saturated carbocycles. The maximum absolute atomic E-state index is 5.70. The predicted molar refractivity (Wildman–Crippen MR) is 67.5 cm³/mol. The third-order valence-electron chi connectivity index (χ3n) is 2.86. The molecule has 17 heavy (non-hydrogen) atoms. The van der Waals surface area contributed by atoms with E-state index in [-0.39, 0.29) is 0 Å². The second kappa shape index (κ2) is 5.82. The van der Waals surface area contributed by atoms with Crippen molar-refractivity contribution in [1.29, 1.82) is 0 Å². The minimum absolute atomic E-state index is 0.460. The van der Waals surface area contributed by atoms with Gasteiger partial charge in [-0.25, -0.2) is 4.98 Å². The lowest BCUT2D eigenvalue weighted by Crippen LogP contribution is -2.38. The van der Waals surface area contributed by atoms with E-state index in [0.29, 0.717) is 24.5 Å². The minimum Gasteiger partial charge on any atom is -0.476 e. The molecular weight excluding hydrogens is 216 g/mol. The lowest BCUT2D eigenvalue weighted by molar-refractivity contribution is 0.232. The predicted octanol–water partition coefficient (Wildman–Crippen LogP) is 1.06. The molecule has 0 aliphatic carbocycles. The molecule has 0 bridgehead atoms. The SMILES string of the molecule is CN(C)c1nccc(OCC2CCCCN2)n1. The van der Waals surface area contributed by atoms with E-state index in [2.05, 4.69) is 15.3 Å². The molecule has 1 unspecified atom stereocenters. The number of rotatable bonds is 4. The minimum atomic E-state index is 0.460. The van der Waals surface area contributed by atoms with Crippen LogP contribution < -0.4 is 15.0 Å². The van der Waals surface area contributed by atoms with Crippen LogP contribution in [0.3, 0.4) is 0 Å². The molecule has 0 radical (unpaired) electrons. The van der Waals surface area contributed by atoms with Crippen LogP contribution in [0, 0.1) is 0 Å². The monoisotopic (exact) mass is 236 g/mol. The quantitative estimate of drug-likeness (QED) is 0.847. The number of piperidine rings is 1. The molecule has 1 aliphatic heterocycles. The number of anilines is 1. The van der Waals surface area contributed by atoms with Crippen LogP contribution in [0.1, 0.15) is 19.3 Å². The second-order valence-corrected chi connectivity index (χ2v) is 4.55. The van der Waals surface area contributed by atoms with E-state index in [0.717, 1.165) is 6.54 Å². The van der Waals surface area contributed by atoms with Gasteiger partial charge in [0.1, 0.15) is 6.61 Å². The smallest absolute Gasteiger partial charge is 0.228 e. The Morgan fingerprint density at radius 2 is 2.35 bits per heavy atom. The molecule has 2 heterocycles. The zero-order valence-corrected chi connectivity index (χ0v) is 10.5. The van der Waals surface area contributed by atoms with Gasteiger partial charge < -0.3 is 15.0 Å². The highest BCUT2D eigenvalue weighted by Crippen LogP contribution is 2.12. The van der Waals surface area contributed by atoms with Crippen molar-refractivity contribution in [2.75, 3.05) is 32.1 Å². The van der Waals surface area contributed by atoms with E-state index in [9.17, 15) is 0 Å². The first kappa shape index (κ1) is 12.1. The first-order valence-electron chi connectivity index (χ1n) is 6.12. The van der Waals surface area contributed by atoms with E-state index in [1.54, 1.807) is 12.3 Å². The van der Waals surface area contributed by atoms with Crippen molar-refractivity contribution in [2.45, 2.75) is 25.3 Å². The maximum atomic E-state index is 5.70. The number of nitrogens with zero attached hydrogens (tertiary/aromatic N) is 3. The lowest BCUT2D eigenvalue weighted by atomic mass is 10.1. The molecule has 1 N–H and O–H groups in total. The normalized spacial score (nSPS) is 20.0. The van der Waals surface area contributed by atoms with Crippen molar-refractivity contribution < 1.29 is 4.74 Å². The summed E-state index contributed by atoms with van der Waals surface area (Å²) in [5.41, 5.74) is 0. The fourth-order valence-corrected chi connectivity index (χ4v) is 1.88. The molecule has 94 valence electrons.